The van der Waals surface area contributed by atoms with Crippen LogP contribution in [0.15, 0.2) is 4.40 Å². The maximum absolute atomic E-state index is 14.3. The van der Waals surface area contributed by atoms with Crippen LogP contribution in [0.25, 0.3) is 0 Å². The van der Waals surface area contributed by atoms with Gasteiger partial charge in [0.1, 0.15) is 12.3 Å². The zero-order chi connectivity index (χ0) is 18.3. The molecule has 1 aliphatic carbocycles. The van der Waals surface area contributed by atoms with Crippen molar-refractivity contribution in [2.24, 2.45) is 15.7 Å². The predicted octanol–water partition coefficient (Wildman–Crippen LogP) is 0.188. The Hall–Kier alpha value is -1.33. The number of hydrogen-bond donors (Lipinski definition) is 0. The van der Waals surface area contributed by atoms with Gasteiger partial charge in [0.15, 0.2) is 0 Å². The summed E-state index contributed by atoms with van der Waals surface area (Å²) in [4.78, 5) is 18.2. The van der Waals surface area contributed by atoms with Gasteiger partial charge in [-0.15, -0.1) is 4.40 Å². The van der Waals surface area contributed by atoms with Crippen molar-refractivity contribution < 1.29 is 26.8 Å². The molecule has 0 aromatic rings. The molecular weight excluding hydrogens is 346 g/mol. The highest BCUT2D eigenvalue weighted by atomic mass is 32.2. The molecule has 0 aromatic carbocycles. The van der Waals surface area contributed by atoms with E-state index in [1.807, 2.05) is 0 Å². The molecule has 1 heterocycles. The molecule has 24 heavy (non-hydrogen) atoms. The second kappa shape index (κ2) is 6.19. The number of hydroxylamine groups is 2. The maximum Gasteiger partial charge on any atom is 0.323 e. The van der Waals surface area contributed by atoms with Crippen LogP contribution in [0.3, 0.4) is 0 Å². The fraction of sp³-hybridized carbons (Fsp3) is 0.846. The number of halogens is 2. The number of carbonyl (C=O) groups is 1. The Morgan fingerprint density at radius 2 is 1.83 bits per heavy atom. The fourth-order valence-electron chi connectivity index (χ4n) is 3.13. The minimum Gasteiger partial charge on any atom is -0.368 e. The van der Waals surface area contributed by atoms with Gasteiger partial charge >= 0.3 is 10.2 Å². The average molecular weight is 368 g/mol. The molecule has 1 saturated carbocycles. The largest absolute Gasteiger partial charge is 0.368 e. The summed E-state index contributed by atoms with van der Waals surface area (Å²) in [6, 6.07) is 0. The second-order valence-electron chi connectivity index (χ2n) is 6.29. The van der Waals surface area contributed by atoms with E-state index < -0.39 is 33.4 Å². The smallest absolute Gasteiger partial charge is 0.323 e. The van der Waals surface area contributed by atoms with E-state index >= 15 is 0 Å². The zero-order valence-electron chi connectivity index (χ0n) is 14.1. The molecule has 0 N–H and O–H groups in total. The van der Waals surface area contributed by atoms with E-state index in [0.29, 0.717) is 0 Å². The fourth-order valence-corrected chi connectivity index (χ4v) is 4.22. The third kappa shape index (κ3) is 3.00. The molecule has 0 aromatic heterocycles. The zero-order valence-corrected chi connectivity index (χ0v) is 14.9. The summed E-state index contributed by atoms with van der Waals surface area (Å²) in [5.41, 5.74) is -1.49. The Labute approximate surface area is 140 Å². The quantitative estimate of drug-likeness (QED) is 0.393. The molecule has 2 rings (SSSR count). The summed E-state index contributed by atoms with van der Waals surface area (Å²) in [6.45, 7) is -0.188. The number of nitrogens with zero attached hydrogens (tertiary/aromatic N) is 4. The van der Waals surface area contributed by atoms with E-state index in [2.05, 4.69) is 4.40 Å². The first-order valence-electron chi connectivity index (χ1n) is 7.41. The van der Waals surface area contributed by atoms with Crippen LogP contribution in [-0.4, -0.2) is 82.2 Å². The van der Waals surface area contributed by atoms with Crippen LogP contribution in [0, 0.1) is 11.3 Å². The lowest BCUT2D eigenvalue weighted by Crippen LogP contribution is -2.40. The Bertz CT molecular complexity index is 630. The highest BCUT2D eigenvalue weighted by molar-refractivity contribution is 7.87. The summed E-state index contributed by atoms with van der Waals surface area (Å²) in [5, 5.41) is 0.790. The highest BCUT2D eigenvalue weighted by Gasteiger charge is 2.83. The van der Waals surface area contributed by atoms with Gasteiger partial charge < -0.3 is 4.90 Å². The van der Waals surface area contributed by atoms with Crippen LogP contribution in [0.5, 0.6) is 0 Å². The van der Waals surface area contributed by atoms with Gasteiger partial charge in [0.2, 0.25) is 0 Å². The topological polar surface area (TPSA) is 82.5 Å². The number of amides is 1. The Morgan fingerprint density at radius 3 is 2.29 bits per heavy atom. The summed E-state index contributed by atoms with van der Waals surface area (Å²) in [5.74, 6) is -5.41. The van der Waals surface area contributed by atoms with Gasteiger partial charge in [0.25, 0.3) is 11.8 Å². The van der Waals surface area contributed by atoms with Gasteiger partial charge in [-0.1, -0.05) is 0 Å². The Kier molecular flexibility index (Phi) is 4.90. The van der Waals surface area contributed by atoms with Gasteiger partial charge in [0, 0.05) is 34.2 Å². The van der Waals surface area contributed by atoms with E-state index in [4.69, 9.17) is 4.84 Å². The molecule has 0 unspecified atom stereocenters. The van der Waals surface area contributed by atoms with Crippen molar-refractivity contribution in [3.63, 3.8) is 0 Å². The third-order valence-corrected chi connectivity index (χ3v) is 6.06. The van der Waals surface area contributed by atoms with E-state index in [0.717, 1.165) is 15.7 Å². The van der Waals surface area contributed by atoms with Gasteiger partial charge in [0.05, 0.1) is 12.5 Å². The molecule has 1 amide bonds. The van der Waals surface area contributed by atoms with E-state index in [1.165, 1.54) is 19.1 Å². The van der Waals surface area contributed by atoms with E-state index in [-0.39, 0.29) is 25.9 Å². The van der Waals surface area contributed by atoms with Crippen LogP contribution in [0.2, 0.25) is 0 Å². The van der Waals surface area contributed by atoms with E-state index in [1.54, 1.807) is 14.1 Å². The van der Waals surface area contributed by atoms with Crippen LogP contribution >= 0.6 is 0 Å². The molecular formula is C13H22F2N4O4S. The molecule has 138 valence electrons. The number of hydrogen-bond acceptors (Lipinski definition) is 4. The molecule has 1 spiro atoms. The molecule has 1 aliphatic heterocycles. The Morgan fingerprint density at radius 1 is 1.29 bits per heavy atom. The second-order valence-corrected chi connectivity index (χ2v) is 7.91. The maximum atomic E-state index is 14.3. The van der Waals surface area contributed by atoms with Gasteiger partial charge in [-0.05, 0) is 12.8 Å². The highest BCUT2D eigenvalue weighted by Crippen LogP contribution is 2.71. The van der Waals surface area contributed by atoms with Crippen molar-refractivity contribution in [2.75, 3.05) is 41.3 Å². The lowest BCUT2D eigenvalue weighted by molar-refractivity contribution is -0.172. The summed E-state index contributed by atoms with van der Waals surface area (Å²) >= 11 is 0. The van der Waals surface area contributed by atoms with Gasteiger partial charge in [-0.2, -0.15) is 12.7 Å². The minimum atomic E-state index is -3.90. The van der Waals surface area contributed by atoms with E-state index in [9.17, 15) is 22.0 Å². The number of carbonyl (C=O) groups excluding carboxylic acids is 1. The van der Waals surface area contributed by atoms with Gasteiger partial charge in [-0.3, -0.25) is 9.63 Å². The van der Waals surface area contributed by atoms with Crippen LogP contribution in [-0.2, 0) is 19.8 Å². The van der Waals surface area contributed by atoms with Crippen LogP contribution in [0.4, 0.5) is 8.78 Å². The SMILES string of the molecule is CON(C)C(=O)[C@@H]1C(F)(F)C12CCN(S(=O)(=O)/N=C/N(C)C)CC2. The molecule has 8 nitrogen and oxygen atoms in total. The Balaban J connectivity index is 2.09. The number of piperidine rings is 1. The number of rotatable bonds is 5. The van der Waals surface area contributed by atoms with Crippen molar-refractivity contribution >= 4 is 22.5 Å². The lowest BCUT2D eigenvalue weighted by Gasteiger charge is -2.30. The standard InChI is InChI=1S/C13H22F2N4O4S/c1-17(2)9-16-24(21,22)19-7-5-12(6-8-19)10(13(12,14)15)11(20)18(3)23-4/h9-10H,5-8H2,1-4H3/b16-9+/t10-/m0/s1. The first-order valence-corrected chi connectivity index (χ1v) is 8.81. The van der Waals surface area contributed by atoms with Crippen molar-refractivity contribution in [1.82, 2.24) is 14.3 Å². The third-order valence-electron chi connectivity index (χ3n) is 4.68. The average Bonchev–Trinajstić information content (AvgIpc) is 2.98. The molecule has 0 bridgehead atoms. The van der Waals surface area contributed by atoms with Crippen LogP contribution in [0.1, 0.15) is 12.8 Å². The normalized spacial score (nSPS) is 25.8. The van der Waals surface area contributed by atoms with Crippen molar-refractivity contribution in [2.45, 2.75) is 18.8 Å². The molecule has 1 saturated heterocycles. The molecule has 2 aliphatic rings. The monoisotopic (exact) mass is 368 g/mol. The first kappa shape index (κ1) is 19.0. The summed E-state index contributed by atoms with van der Waals surface area (Å²) < 4.78 is 57.2. The molecule has 11 heteroatoms. The molecule has 1 atom stereocenters. The predicted molar refractivity (Wildman–Crippen MR) is 82.6 cm³/mol. The molecule has 0 radical (unpaired) electrons. The minimum absolute atomic E-state index is 0.0926. The van der Waals surface area contributed by atoms with Crippen molar-refractivity contribution in [1.29, 1.82) is 0 Å². The summed E-state index contributed by atoms with van der Waals surface area (Å²) in [7, 11) is 1.85. The van der Waals surface area contributed by atoms with Gasteiger partial charge in [-0.25, -0.2) is 13.8 Å². The van der Waals surface area contributed by atoms with Crippen molar-refractivity contribution in [3.8, 4) is 0 Å². The summed E-state index contributed by atoms with van der Waals surface area (Å²) in [6.07, 6.45) is 0.959. The lowest BCUT2D eigenvalue weighted by atomic mass is 9.91. The van der Waals surface area contributed by atoms with Crippen molar-refractivity contribution in [3.05, 3.63) is 0 Å². The first-order chi connectivity index (χ1) is 11.0. The van der Waals surface area contributed by atoms with Crippen LogP contribution < -0.4 is 0 Å². The number of alkyl halides is 2. The molecule has 2 fully saturated rings.